The standard InChI is InChI=1S/C26H21F7O/c1-14-2-6-17(7-3-14)26(32,33)34-23-11-9-19(24(30)25(23)31)16-4-8-18(21(28)12-16)15-5-10-20(27)22(29)13-15/h4-5,8-14,17H,2-3,6-7H2,1H3. The summed E-state index contributed by atoms with van der Waals surface area (Å²) < 4.78 is 104. The molecule has 3 aromatic rings. The minimum absolute atomic E-state index is 0.0534. The van der Waals surface area contributed by atoms with E-state index >= 15 is 0 Å². The third kappa shape index (κ3) is 4.76. The molecule has 0 unspecified atom stereocenters. The van der Waals surface area contributed by atoms with E-state index in [-0.39, 0.29) is 35.1 Å². The van der Waals surface area contributed by atoms with Crippen molar-refractivity contribution in [1.82, 2.24) is 0 Å². The van der Waals surface area contributed by atoms with Gasteiger partial charge in [-0.2, -0.15) is 13.2 Å². The van der Waals surface area contributed by atoms with Crippen LogP contribution in [0.25, 0.3) is 22.3 Å². The molecule has 1 aliphatic rings. The second-order valence-electron chi connectivity index (χ2n) is 8.68. The molecule has 4 rings (SSSR count). The Bertz CT molecular complexity index is 1200. The van der Waals surface area contributed by atoms with Crippen LogP contribution in [-0.2, 0) is 0 Å². The van der Waals surface area contributed by atoms with Crippen LogP contribution in [0, 0.1) is 40.9 Å². The average molecular weight is 482 g/mol. The van der Waals surface area contributed by atoms with Gasteiger partial charge in [0.05, 0.1) is 5.92 Å². The summed E-state index contributed by atoms with van der Waals surface area (Å²) in [6, 6.07) is 8.10. The van der Waals surface area contributed by atoms with E-state index in [9.17, 15) is 30.7 Å². The van der Waals surface area contributed by atoms with Crippen molar-refractivity contribution in [2.24, 2.45) is 11.8 Å². The van der Waals surface area contributed by atoms with Crippen LogP contribution >= 0.6 is 0 Å². The van der Waals surface area contributed by atoms with E-state index in [4.69, 9.17) is 0 Å². The van der Waals surface area contributed by atoms with Crippen LogP contribution in [0.3, 0.4) is 0 Å². The van der Waals surface area contributed by atoms with Crippen LogP contribution in [0.4, 0.5) is 30.7 Å². The summed E-state index contributed by atoms with van der Waals surface area (Å²) in [4.78, 5) is 0. The number of hydrogen-bond acceptors (Lipinski definition) is 1. The molecular weight excluding hydrogens is 461 g/mol. The number of hydrogen-bond donors (Lipinski definition) is 0. The van der Waals surface area contributed by atoms with Gasteiger partial charge < -0.3 is 4.74 Å². The van der Waals surface area contributed by atoms with Gasteiger partial charge in [-0.15, -0.1) is 0 Å². The second-order valence-corrected chi connectivity index (χ2v) is 8.68. The van der Waals surface area contributed by atoms with Gasteiger partial charge in [-0.3, -0.25) is 0 Å². The summed E-state index contributed by atoms with van der Waals surface area (Å²) in [5, 5.41) is 0. The second kappa shape index (κ2) is 9.31. The predicted molar refractivity (Wildman–Crippen MR) is 114 cm³/mol. The summed E-state index contributed by atoms with van der Waals surface area (Å²) in [7, 11) is 0. The molecule has 0 spiro atoms. The Balaban J connectivity index is 1.59. The molecule has 0 N–H and O–H groups in total. The zero-order valence-electron chi connectivity index (χ0n) is 18.2. The summed E-state index contributed by atoms with van der Waals surface area (Å²) in [6.45, 7) is 1.97. The first kappa shape index (κ1) is 24.1. The van der Waals surface area contributed by atoms with Gasteiger partial charge in [0, 0.05) is 11.1 Å². The highest BCUT2D eigenvalue weighted by Gasteiger charge is 2.44. The Morgan fingerprint density at radius 3 is 1.91 bits per heavy atom. The molecular formula is C26H21F7O. The van der Waals surface area contributed by atoms with Crippen molar-refractivity contribution in [3.8, 4) is 28.0 Å². The average Bonchev–Trinajstić information content (AvgIpc) is 2.79. The molecule has 0 saturated heterocycles. The smallest absolute Gasteiger partial charge is 0.400 e. The molecule has 0 aliphatic heterocycles. The van der Waals surface area contributed by atoms with E-state index in [1.807, 2.05) is 6.92 Å². The maximum absolute atomic E-state index is 14.8. The van der Waals surface area contributed by atoms with Crippen LogP contribution in [0.1, 0.15) is 32.6 Å². The van der Waals surface area contributed by atoms with Crippen LogP contribution < -0.4 is 4.74 Å². The van der Waals surface area contributed by atoms with E-state index in [2.05, 4.69) is 4.74 Å². The fourth-order valence-electron chi connectivity index (χ4n) is 4.24. The molecule has 0 heterocycles. The largest absolute Gasteiger partial charge is 0.429 e. The minimum Gasteiger partial charge on any atom is -0.429 e. The Hall–Kier alpha value is -3.03. The zero-order valence-corrected chi connectivity index (χ0v) is 18.2. The molecule has 34 heavy (non-hydrogen) atoms. The van der Waals surface area contributed by atoms with Crippen LogP contribution in [0.15, 0.2) is 48.5 Å². The monoisotopic (exact) mass is 482 g/mol. The van der Waals surface area contributed by atoms with Gasteiger partial charge >= 0.3 is 6.11 Å². The third-order valence-corrected chi connectivity index (χ3v) is 6.29. The van der Waals surface area contributed by atoms with Crippen molar-refractivity contribution in [2.75, 3.05) is 0 Å². The molecule has 0 atom stereocenters. The van der Waals surface area contributed by atoms with Crippen molar-refractivity contribution >= 4 is 0 Å². The fraction of sp³-hybridized carbons (Fsp3) is 0.308. The van der Waals surface area contributed by atoms with Crippen LogP contribution in [-0.4, -0.2) is 6.11 Å². The molecule has 8 heteroatoms. The summed E-state index contributed by atoms with van der Waals surface area (Å²) >= 11 is 0. The summed E-state index contributed by atoms with van der Waals surface area (Å²) in [5.41, 5.74) is -0.460. The lowest BCUT2D eigenvalue weighted by Gasteiger charge is -2.32. The third-order valence-electron chi connectivity index (χ3n) is 6.29. The van der Waals surface area contributed by atoms with Crippen molar-refractivity contribution < 1.29 is 35.5 Å². The Morgan fingerprint density at radius 1 is 0.676 bits per heavy atom. The van der Waals surface area contributed by atoms with E-state index in [1.165, 1.54) is 18.2 Å². The molecule has 180 valence electrons. The first-order chi connectivity index (χ1) is 16.1. The lowest BCUT2D eigenvalue weighted by atomic mass is 9.82. The minimum atomic E-state index is -3.66. The Labute approximate surface area is 192 Å². The van der Waals surface area contributed by atoms with Crippen molar-refractivity contribution in [3.63, 3.8) is 0 Å². The van der Waals surface area contributed by atoms with Crippen LogP contribution in [0.5, 0.6) is 5.75 Å². The maximum atomic E-state index is 14.8. The highest BCUT2D eigenvalue weighted by Crippen LogP contribution is 2.41. The molecule has 0 radical (unpaired) electrons. The number of alkyl halides is 2. The van der Waals surface area contributed by atoms with E-state index in [0.717, 1.165) is 30.3 Å². The van der Waals surface area contributed by atoms with Gasteiger partial charge in [0.1, 0.15) is 5.82 Å². The normalized spacial score (nSPS) is 18.7. The molecule has 0 bridgehead atoms. The maximum Gasteiger partial charge on any atom is 0.400 e. The topological polar surface area (TPSA) is 9.23 Å². The van der Waals surface area contributed by atoms with E-state index in [0.29, 0.717) is 18.8 Å². The quantitative estimate of drug-likeness (QED) is 0.331. The zero-order chi connectivity index (χ0) is 24.6. The van der Waals surface area contributed by atoms with Gasteiger partial charge in [-0.05, 0) is 60.2 Å². The first-order valence-electron chi connectivity index (χ1n) is 10.9. The summed E-state index contributed by atoms with van der Waals surface area (Å²) in [6.07, 6.45) is -2.01. The predicted octanol–water partition coefficient (Wildman–Crippen LogP) is 8.51. The number of rotatable bonds is 5. The lowest BCUT2D eigenvalue weighted by Crippen LogP contribution is -2.37. The van der Waals surface area contributed by atoms with E-state index in [1.54, 1.807) is 0 Å². The Morgan fingerprint density at radius 2 is 1.26 bits per heavy atom. The van der Waals surface area contributed by atoms with Crippen molar-refractivity contribution in [1.29, 1.82) is 0 Å². The summed E-state index contributed by atoms with van der Waals surface area (Å²) in [5.74, 6) is -7.91. The van der Waals surface area contributed by atoms with E-state index < -0.39 is 46.9 Å². The molecule has 1 saturated carbocycles. The van der Waals surface area contributed by atoms with Gasteiger partial charge in [-0.25, -0.2) is 17.6 Å². The van der Waals surface area contributed by atoms with Crippen LogP contribution in [0.2, 0.25) is 0 Å². The van der Waals surface area contributed by atoms with Gasteiger partial charge in [0.15, 0.2) is 23.2 Å². The molecule has 1 fully saturated rings. The van der Waals surface area contributed by atoms with Gasteiger partial charge in [0.2, 0.25) is 5.82 Å². The molecule has 1 nitrogen and oxygen atoms in total. The van der Waals surface area contributed by atoms with Crippen molar-refractivity contribution in [3.05, 3.63) is 77.6 Å². The number of halogens is 7. The molecule has 3 aromatic carbocycles. The molecule has 0 aromatic heterocycles. The fourth-order valence-corrected chi connectivity index (χ4v) is 4.24. The van der Waals surface area contributed by atoms with Gasteiger partial charge in [-0.1, -0.05) is 38.0 Å². The lowest BCUT2D eigenvalue weighted by molar-refractivity contribution is -0.224. The highest BCUT2D eigenvalue weighted by molar-refractivity contribution is 5.72. The number of benzene rings is 3. The highest BCUT2D eigenvalue weighted by atomic mass is 19.3. The SMILES string of the molecule is CC1CCC(C(F)(F)Oc2ccc(-c3ccc(-c4ccc(F)c(F)c4)c(F)c3)c(F)c2F)CC1. The Kier molecular flexibility index (Phi) is 6.60. The first-order valence-corrected chi connectivity index (χ1v) is 10.9. The molecule has 0 amide bonds. The molecule has 1 aliphatic carbocycles. The number of ether oxygens (including phenoxy) is 1. The van der Waals surface area contributed by atoms with Crippen molar-refractivity contribution in [2.45, 2.75) is 38.7 Å². The van der Waals surface area contributed by atoms with Gasteiger partial charge in [0.25, 0.3) is 0 Å².